The molecule has 0 aliphatic heterocycles. The Morgan fingerprint density at radius 3 is 2.29 bits per heavy atom. The van der Waals surface area contributed by atoms with Gasteiger partial charge in [0.05, 0.1) is 10.6 Å². The lowest BCUT2D eigenvalue weighted by atomic mass is 10.1. The van der Waals surface area contributed by atoms with Crippen LogP contribution in [0.1, 0.15) is 36.2 Å². The van der Waals surface area contributed by atoms with Crippen molar-refractivity contribution in [2.24, 2.45) is 5.92 Å². The lowest BCUT2D eigenvalue weighted by molar-refractivity contribution is 0.0951. The van der Waals surface area contributed by atoms with Crippen molar-refractivity contribution >= 4 is 15.7 Å². The molecule has 0 aliphatic carbocycles. The quantitative estimate of drug-likeness (QED) is 0.836. The van der Waals surface area contributed by atoms with Crippen LogP contribution in [0.2, 0.25) is 0 Å². The maximum absolute atomic E-state index is 12.5. The lowest BCUT2D eigenvalue weighted by Gasteiger charge is -2.11. The Labute approximate surface area is 143 Å². The Hall–Kier alpha value is -2.14. The molecule has 0 heterocycles. The maximum atomic E-state index is 12.5. The van der Waals surface area contributed by atoms with Crippen molar-refractivity contribution in [1.82, 2.24) is 5.32 Å². The number of benzene rings is 2. The third-order valence-electron chi connectivity index (χ3n) is 3.72. The summed E-state index contributed by atoms with van der Waals surface area (Å²) in [5.74, 6) is 0.0821. The van der Waals surface area contributed by atoms with Crippen LogP contribution in [0, 0.1) is 5.92 Å². The standard InChI is InChI=1S/C19H23NO3S/c1-15(2)12-13-20-19(21)18-11-7-6-8-16(18)14-24(22,23)17-9-4-3-5-10-17/h3-11,15H,12-14H2,1-2H3,(H,20,21). The van der Waals surface area contributed by atoms with Gasteiger partial charge in [0.1, 0.15) is 0 Å². The van der Waals surface area contributed by atoms with Crippen LogP contribution in [0.25, 0.3) is 0 Å². The molecule has 0 saturated heterocycles. The van der Waals surface area contributed by atoms with E-state index in [1.807, 2.05) is 0 Å². The molecular weight excluding hydrogens is 322 g/mol. The van der Waals surface area contributed by atoms with Gasteiger partial charge in [-0.05, 0) is 36.1 Å². The van der Waals surface area contributed by atoms with Gasteiger partial charge in [-0.25, -0.2) is 8.42 Å². The van der Waals surface area contributed by atoms with E-state index in [1.54, 1.807) is 54.6 Å². The van der Waals surface area contributed by atoms with Gasteiger partial charge in [-0.1, -0.05) is 50.2 Å². The average Bonchev–Trinajstić information content (AvgIpc) is 2.55. The third-order valence-corrected chi connectivity index (χ3v) is 5.40. The molecule has 24 heavy (non-hydrogen) atoms. The van der Waals surface area contributed by atoms with Gasteiger partial charge in [-0.3, -0.25) is 4.79 Å². The zero-order valence-corrected chi connectivity index (χ0v) is 14.8. The molecule has 0 aliphatic rings. The Morgan fingerprint density at radius 1 is 1.00 bits per heavy atom. The van der Waals surface area contributed by atoms with Crippen LogP contribution in [0.5, 0.6) is 0 Å². The summed E-state index contributed by atoms with van der Waals surface area (Å²) in [6.07, 6.45) is 0.885. The molecule has 0 fully saturated rings. The lowest BCUT2D eigenvalue weighted by Crippen LogP contribution is -2.26. The summed E-state index contributed by atoms with van der Waals surface area (Å²) in [4.78, 5) is 12.6. The van der Waals surface area contributed by atoms with E-state index in [2.05, 4.69) is 19.2 Å². The highest BCUT2D eigenvalue weighted by Gasteiger charge is 2.19. The monoisotopic (exact) mass is 345 g/mol. The summed E-state index contributed by atoms with van der Waals surface area (Å²) in [6, 6.07) is 15.2. The Bertz CT molecular complexity index is 783. The molecule has 0 radical (unpaired) electrons. The highest BCUT2D eigenvalue weighted by atomic mass is 32.2. The second-order valence-corrected chi connectivity index (χ2v) is 8.16. The summed E-state index contributed by atoms with van der Waals surface area (Å²) in [5.41, 5.74) is 0.934. The highest BCUT2D eigenvalue weighted by Crippen LogP contribution is 2.19. The van der Waals surface area contributed by atoms with Crippen LogP contribution in [-0.4, -0.2) is 20.9 Å². The first kappa shape index (κ1) is 18.2. The van der Waals surface area contributed by atoms with Crippen molar-refractivity contribution in [3.05, 3.63) is 65.7 Å². The molecule has 2 aromatic rings. The van der Waals surface area contributed by atoms with E-state index in [0.717, 1.165) is 6.42 Å². The Kier molecular flexibility index (Phi) is 6.15. The number of nitrogens with one attached hydrogen (secondary N) is 1. The molecule has 0 atom stereocenters. The minimum atomic E-state index is -3.48. The molecule has 2 rings (SSSR count). The van der Waals surface area contributed by atoms with Crippen LogP contribution in [0.15, 0.2) is 59.5 Å². The number of carbonyl (C=O) groups is 1. The van der Waals surface area contributed by atoms with Crippen LogP contribution < -0.4 is 5.32 Å². The summed E-state index contributed by atoms with van der Waals surface area (Å²) in [6.45, 7) is 4.76. The van der Waals surface area contributed by atoms with Crippen molar-refractivity contribution in [3.8, 4) is 0 Å². The summed E-state index contributed by atoms with van der Waals surface area (Å²) >= 11 is 0. The van der Waals surface area contributed by atoms with Crippen molar-refractivity contribution in [3.63, 3.8) is 0 Å². The number of sulfone groups is 1. The molecule has 0 bridgehead atoms. The Balaban J connectivity index is 2.18. The molecule has 128 valence electrons. The van der Waals surface area contributed by atoms with Gasteiger partial charge in [0, 0.05) is 12.1 Å². The number of amides is 1. The van der Waals surface area contributed by atoms with Crippen LogP contribution in [0.4, 0.5) is 0 Å². The summed E-state index contributed by atoms with van der Waals surface area (Å²) < 4.78 is 25.1. The number of rotatable bonds is 7. The first-order valence-electron chi connectivity index (χ1n) is 8.04. The summed E-state index contributed by atoms with van der Waals surface area (Å²) in [7, 11) is -3.48. The second kappa shape index (κ2) is 8.11. The van der Waals surface area contributed by atoms with Gasteiger partial charge in [-0.15, -0.1) is 0 Å². The van der Waals surface area contributed by atoms with Crippen molar-refractivity contribution in [2.45, 2.75) is 30.9 Å². The van der Waals surface area contributed by atoms with E-state index in [1.165, 1.54) is 0 Å². The number of carbonyl (C=O) groups excluding carboxylic acids is 1. The smallest absolute Gasteiger partial charge is 0.251 e. The van der Waals surface area contributed by atoms with E-state index >= 15 is 0 Å². The van der Waals surface area contributed by atoms with Crippen LogP contribution >= 0.6 is 0 Å². The molecule has 0 spiro atoms. The zero-order chi connectivity index (χ0) is 17.6. The van der Waals surface area contributed by atoms with E-state index in [-0.39, 0.29) is 16.6 Å². The maximum Gasteiger partial charge on any atom is 0.251 e. The molecule has 5 heteroatoms. The van der Waals surface area contributed by atoms with Crippen molar-refractivity contribution in [2.75, 3.05) is 6.54 Å². The molecule has 2 aromatic carbocycles. The summed E-state index contributed by atoms with van der Waals surface area (Å²) in [5, 5.41) is 2.86. The highest BCUT2D eigenvalue weighted by molar-refractivity contribution is 7.90. The van der Waals surface area contributed by atoms with Crippen LogP contribution in [-0.2, 0) is 15.6 Å². The van der Waals surface area contributed by atoms with Gasteiger partial charge in [-0.2, -0.15) is 0 Å². The van der Waals surface area contributed by atoms with E-state index in [4.69, 9.17) is 0 Å². The van der Waals surface area contributed by atoms with Gasteiger partial charge < -0.3 is 5.32 Å². The van der Waals surface area contributed by atoms with Gasteiger partial charge >= 0.3 is 0 Å². The van der Waals surface area contributed by atoms with Gasteiger partial charge in [0.15, 0.2) is 9.84 Å². The topological polar surface area (TPSA) is 63.2 Å². The first-order valence-corrected chi connectivity index (χ1v) is 9.69. The predicted molar refractivity (Wildman–Crippen MR) is 95.6 cm³/mol. The molecule has 4 nitrogen and oxygen atoms in total. The Morgan fingerprint density at radius 2 is 1.62 bits per heavy atom. The average molecular weight is 345 g/mol. The molecule has 0 unspecified atom stereocenters. The van der Waals surface area contributed by atoms with Crippen molar-refractivity contribution < 1.29 is 13.2 Å². The fourth-order valence-corrected chi connectivity index (χ4v) is 3.75. The van der Waals surface area contributed by atoms with Gasteiger partial charge in [0.25, 0.3) is 5.91 Å². The molecular formula is C19H23NO3S. The zero-order valence-electron chi connectivity index (χ0n) is 14.0. The first-order chi connectivity index (χ1) is 11.4. The molecule has 0 aromatic heterocycles. The number of hydrogen-bond acceptors (Lipinski definition) is 3. The fourth-order valence-electron chi connectivity index (χ4n) is 2.35. The predicted octanol–water partition coefficient (Wildman–Crippen LogP) is 3.44. The van der Waals surface area contributed by atoms with Crippen LogP contribution in [0.3, 0.4) is 0 Å². The minimum Gasteiger partial charge on any atom is -0.352 e. The number of hydrogen-bond donors (Lipinski definition) is 1. The largest absolute Gasteiger partial charge is 0.352 e. The van der Waals surface area contributed by atoms with E-state index in [9.17, 15) is 13.2 Å². The fraction of sp³-hybridized carbons (Fsp3) is 0.316. The van der Waals surface area contributed by atoms with Gasteiger partial charge in [0.2, 0.25) is 0 Å². The molecule has 1 amide bonds. The molecule has 1 N–H and O–H groups in total. The second-order valence-electron chi connectivity index (χ2n) is 6.17. The normalized spacial score (nSPS) is 11.5. The van der Waals surface area contributed by atoms with Crippen molar-refractivity contribution in [1.29, 1.82) is 0 Å². The SMILES string of the molecule is CC(C)CCNC(=O)c1ccccc1CS(=O)(=O)c1ccccc1. The minimum absolute atomic E-state index is 0.190. The van der Waals surface area contributed by atoms with E-state index < -0.39 is 9.84 Å². The molecule has 0 saturated carbocycles. The van der Waals surface area contributed by atoms with E-state index in [0.29, 0.717) is 23.6 Å². The third kappa shape index (κ3) is 4.93.